The van der Waals surface area contributed by atoms with Crippen LogP contribution in [0, 0.1) is 0 Å². The summed E-state index contributed by atoms with van der Waals surface area (Å²) in [6.07, 6.45) is 4.17. The Morgan fingerprint density at radius 2 is 2.45 bits per heavy atom. The van der Waals surface area contributed by atoms with Crippen molar-refractivity contribution in [2.45, 2.75) is 50.6 Å². The molecule has 0 bridgehead atoms. The number of thiazole rings is 1. The molecule has 1 amide bonds. The molecule has 1 aromatic heterocycles. The summed E-state index contributed by atoms with van der Waals surface area (Å²) in [7, 11) is 1.71. The Kier molecular flexibility index (Phi) is 5.81. The lowest BCUT2D eigenvalue weighted by atomic mass is 9.98. The molecule has 0 aliphatic carbocycles. The van der Waals surface area contributed by atoms with Crippen LogP contribution in [0.4, 0.5) is 0 Å². The molecule has 1 N–H and O–H groups in total. The van der Waals surface area contributed by atoms with E-state index < -0.39 is 0 Å². The molecular weight excluding hydrogens is 294 g/mol. The summed E-state index contributed by atoms with van der Waals surface area (Å²) in [6, 6.07) is 0.196. The van der Waals surface area contributed by atoms with Crippen molar-refractivity contribution in [3.8, 4) is 0 Å². The highest BCUT2D eigenvalue weighted by molar-refractivity contribution is 7.09. The fourth-order valence-corrected chi connectivity index (χ4v) is 4.11. The van der Waals surface area contributed by atoms with Gasteiger partial charge in [0.15, 0.2) is 0 Å². The van der Waals surface area contributed by atoms with Crippen LogP contribution in [0.15, 0.2) is 5.38 Å². The molecule has 2 rings (SSSR count). The summed E-state index contributed by atoms with van der Waals surface area (Å²) in [6.45, 7) is 3.12. The minimum absolute atomic E-state index is 0.0259. The Labute approximate surface area is 129 Å². The predicted molar refractivity (Wildman–Crippen MR) is 83.1 cm³/mol. The number of hydrogen-bond acceptors (Lipinski definition) is 4. The highest BCUT2D eigenvalue weighted by Gasteiger charge is 2.34. The lowest BCUT2D eigenvalue weighted by Crippen LogP contribution is -2.49. The number of carbonyl (C=O) groups is 1. The summed E-state index contributed by atoms with van der Waals surface area (Å²) < 4.78 is 0. The maximum Gasteiger partial charge on any atom is 0.237 e. The molecule has 20 heavy (non-hydrogen) atoms. The zero-order chi connectivity index (χ0) is 14.5. The van der Waals surface area contributed by atoms with Crippen molar-refractivity contribution in [2.24, 2.45) is 0 Å². The number of carbonyl (C=O) groups excluding carboxylic acids is 1. The Balaban J connectivity index is 2.21. The number of rotatable bonds is 5. The summed E-state index contributed by atoms with van der Waals surface area (Å²) in [5, 5.41) is 5.89. The van der Waals surface area contributed by atoms with E-state index in [1.807, 2.05) is 5.38 Å². The quantitative estimate of drug-likeness (QED) is 0.850. The molecule has 0 radical (unpaired) electrons. The molecule has 1 fully saturated rings. The van der Waals surface area contributed by atoms with E-state index in [2.05, 4.69) is 22.1 Å². The van der Waals surface area contributed by atoms with E-state index in [4.69, 9.17) is 11.6 Å². The Hall–Kier alpha value is -0.650. The average molecular weight is 316 g/mol. The van der Waals surface area contributed by atoms with Gasteiger partial charge in [-0.05, 0) is 25.8 Å². The normalized spacial score (nSPS) is 21.6. The molecule has 6 heteroatoms. The Morgan fingerprint density at radius 3 is 3.05 bits per heavy atom. The smallest absolute Gasteiger partial charge is 0.237 e. The highest BCUT2D eigenvalue weighted by atomic mass is 35.5. The number of amides is 1. The van der Waals surface area contributed by atoms with Crippen molar-refractivity contribution in [2.75, 3.05) is 13.6 Å². The monoisotopic (exact) mass is 315 g/mol. The molecular formula is C14H22ClN3OS. The second-order valence-electron chi connectivity index (χ2n) is 5.10. The number of piperidine rings is 1. The first kappa shape index (κ1) is 15.7. The van der Waals surface area contributed by atoms with E-state index in [-0.39, 0.29) is 18.0 Å². The number of hydrogen-bond donors (Lipinski definition) is 1. The van der Waals surface area contributed by atoms with Gasteiger partial charge in [0, 0.05) is 12.4 Å². The van der Waals surface area contributed by atoms with Crippen LogP contribution in [0.3, 0.4) is 0 Å². The minimum atomic E-state index is -0.0259. The summed E-state index contributed by atoms with van der Waals surface area (Å²) in [5.74, 6) is 0.573. The van der Waals surface area contributed by atoms with Crippen LogP contribution in [0.2, 0.25) is 0 Å². The molecule has 2 atom stereocenters. The molecule has 1 aromatic rings. The first-order chi connectivity index (χ1) is 9.71. The van der Waals surface area contributed by atoms with Gasteiger partial charge in [-0.1, -0.05) is 13.3 Å². The van der Waals surface area contributed by atoms with Crippen LogP contribution in [-0.4, -0.2) is 35.4 Å². The fourth-order valence-electron chi connectivity index (χ4n) is 2.86. The molecule has 2 unspecified atom stereocenters. The largest absolute Gasteiger partial charge is 0.358 e. The predicted octanol–water partition coefficient (Wildman–Crippen LogP) is 2.93. The fraction of sp³-hybridized carbons (Fsp3) is 0.714. The van der Waals surface area contributed by atoms with Gasteiger partial charge in [0.25, 0.3) is 0 Å². The van der Waals surface area contributed by atoms with E-state index >= 15 is 0 Å². The number of aromatic nitrogens is 1. The van der Waals surface area contributed by atoms with Crippen LogP contribution >= 0.6 is 22.9 Å². The standard InChI is InChI=1S/C14H22ClN3OS/c1-3-11(14-17-10(8-15)9-20-14)18-7-5-4-6-12(18)13(19)16-2/h9,11-12H,3-8H2,1-2H3,(H,16,19). The van der Waals surface area contributed by atoms with E-state index in [1.54, 1.807) is 18.4 Å². The van der Waals surface area contributed by atoms with Crippen molar-refractivity contribution < 1.29 is 4.79 Å². The molecule has 0 saturated carbocycles. The van der Waals surface area contributed by atoms with Gasteiger partial charge in [0.05, 0.1) is 23.7 Å². The number of likely N-dealkylation sites (N-methyl/N-ethyl adjacent to an activating group) is 1. The number of halogens is 1. The maximum absolute atomic E-state index is 12.1. The van der Waals surface area contributed by atoms with Crippen LogP contribution in [0.25, 0.3) is 0 Å². The third-order valence-corrected chi connectivity index (χ3v) is 5.14. The molecule has 112 valence electrons. The zero-order valence-corrected chi connectivity index (χ0v) is 13.6. The Bertz CT molecular complexity index is 451. The molecule has 0 aromatic carbocycles. The van der Waals surface area contributed by atoms with Gasteiger partial charge in [-0.15, -0.1) is 22.9 Å². The van der Waals surface area contributed by atoms with E-state index in [1.165, 1.54) is 0 Å². The van der Waals surface area contributed by atoms with Gasteiger partial charge in [-0.3, -0.25) is 9.69 Å². The van der Waals surface area contributed by atoms with Gasteiger partial charge < -0.3 is 5.32 Å². The van der Waals surface area contributed by atoms with Gasteiger partial charge in [0.1, 0.15) is 5.01 Å². The molecule has 2 heterocycles. The lowest BCUT2D eigenvalue weighted by Gasteiger charge is -2.39. The number of likely N-dealkylation sites (tertiary alicyclic amines) is 1. The van der Waals surface area contributed by atoms with E-state index in [0.29, 0.717) is 5.88 Å². The molecule has 4 nitrogen and oxygen atoms in total. The summed E-state index contributed by atoms with van der Waals surface area (Å²) >= 11 is 7.49. The molecule has 1 aliphatic heterocycles. The SMILES string of the molecule is CCC(c1nc(CCl)cs1)N1CCCCC1C(=O)NC. The minimum Gasteiger partial charge on any atom is -0.358 e. The second-order valence-corrected chi connectivity index (χ2v) is 6.26. The molecule has 1 aliphatic rings. The molecule has 1 saturated heterocycles. The van der Waals surface area contributed by atoms with Crippen molar-refractivity contribution in [3.63, 3.8) is 0 Å². The highest BCUT2D eigenvalue weighted by Crippen LogP contribution is 2.33. The van der Waals surface area contributed by atoms with Crippen molar-refractivity contribution >= 4 is 28.8 Å². The third-order valence-electron chi connectivity index (χ3n) is 3.87. The number of nitrogens with zero attached hydrogens (tertiary/aromatic N) is 2. The topological polar surface area (TPSA) is 45.2 Å². The van der Waals surface area contributed by atoms with Crippen LogP contribution in [-0.2, 0) is 10.7 Å². The lowest BCUT2D eigenvalue weighted by molar-refractivity contribution is -0.128. The van der Waals surface area contributed by atoms with Gasteiger partial charge in [-0.25, -0.2) is 4.98 Å². The van der Waals surface area contributed by atoms with Gasteiger partial charge in [0.2, 0.25) is 5.91 Å². The zero-order valence-electron chi connectivity index (χ0n) is 12.1. The van der Waals surface area contributed by atoms with E-state index in [0.717, 1.165) is 42.9 Å². The molecule has 0 spiro atoms. The van der Waals surface area contributed by atoms with Gasteiger partial charge in [-0.2, -0.15) is 0 Å². The first-order valence-corrected chi connectivity index (χ1v) is 8.60. The third kappa shape index (κ3) is 3.32. The average Bonchev–Trinajstić information content (AvgIpc) is 2.96. The summed E-state index contributed by atoms with van der Waals surface area (Å²) in [4.78, 5) is 19.0. The second kappa shape index (κ2) is 7.38. The van der Waals surface area contributed by atoms with Crippen molar-refractivity contribution in [1.29, 1.82) is 0 Å². The first-order valence-electron chi connectivity index (χ1n) is 7.18. The summed E-state index contributed by atoms with van der Waals surface area (Å²) in [5.41, 5.74) is 0.929. The van der Waals surface area contributed by atoms with Crippen molar-refractivity contribution in [1.82, 2.24) is 15.2 Å². The Morgan fingerprint density at radius 1 is 1.65 bits per heavy atom. The van der Waals surface area contributed by atoms with Crippen LogP contribution < -0.4 is 5.32 Å². The van der Waals surface area contributed by atoms with E-state index in [9.17, 15) is 4.79 Å². The van der Waals surface area contributed by atoms with Gasteiger partial charge >= 0.3 is 0 Å². The van der Waals surface area contributed by atoms with Crippen LogP contribution in [0.5, 0.6) is 0 Å². The number of alkyl halides is 1. The number of nitrogens with one attached hydrogen (secondary N) is 1. The van der Waals surface area contributed by atoms with Crippen molar-refractivity contribution in [3.05, 3.63) is 16.1 Å². The van der Waals surface area contributed by atoms with Crippen LogP contribution in [0.1, 0.15) is 49.4 Å². The maximum atomic E-state index is 12.1.